The van der Waals surface area contributed by atoms with Crippen molar-refractivity contribution < 1.29 is 19.1 Å². The highest BCUT2D eigenvalue weighted by Gasteiger charge is 2.39. The minimum absolute atomic E-state index is 0.107. The van der Waals surface area contributed by atoms with Crippen LogP contribution in [0.4, 0.5) is 0 Å². The summed E-state index contributed by atoms with van der Waals surface area (Å²) in [5.74, 6) is -0.897. The number of fused-ring (bicyclic) bond motifs is 1. The van der Waals surface area contributed by atoms with Crippen LogP contribution >= 0.6 is 11.3 Å². The Morgan fingerprint density at radius 1 is 1.09 bits per heavy atom. The van der Waals surface area contributed by atoms with Crippen LogP contribution in [0.2, 0.25) is 0 Å². The molecule has 0 bridgehead atoms. The van der Waals surface area contributed by atoms with Crippen molar-refractivity contribution in [1.82, 2.24) is 9.80 Å². The standard InChI is InChI=1S/C16H20N2O4S/c1-8-9(2)23-16-11(8)14(20)12(17(3)4)13(15(16)21)18(5)10(19)7-22-6/h7H2,1-6H3. The molecule has 0 unspecified atom stereocenters. The number of nitrogens with zero attached hydrogens (tertiary/aromatic N) is 2. The average molecular weight is 336 g/mol. The number of carbonyl (C=O) groups excluding carboxylic acids is 3. The number of rotatable bonds is 4. The molecule has 6 nitrogen and oxygen atoms in total. The monoisotopic (exact) mass is 336 g/mol. The number of hydrogen-bond donors (Lipinski definition) is 0. The Balaban J connectivity index is 2.66. The quantitative estimate of drug-likeness (QED) is 0.836. The third-order valence-electron chi connectivity index (χ3n) is 3.90. The second kappa shape index (κ2) is 6.25. The van der Waals surface area contributed by atoms with Gasteiger partial charge in [0, 0.05) is 38.7 Å². The lowest BCUT2D eigenvalue weighted by molar-refractivity contribution is -0.131. The molecule has 0 saturated carbocycles. The zero-order chi connectivity index (χ0) is 17.5. The second-order valence-electron chi connectivity index (χ2n) is 5.62. The van der Waals surface area contributed by atoms with Crippen molar-refractivity contribution in [3.63, 3.8) is 0 Å². The van der Waals surface area contributed by atoms with E-state index < -0.39 is 0 Å². The number of aryl methyl sites for hydroxylation is 1. The first kappa shape index (κ1) is 17.4. The second-order valence-corrected chi connectivity index (χ2v) is 6.85. The Kier molecular flexibility index (Phi) is 4.72. The molecule has 2 rings (SSSR count). The number of allylic oxidation sites excluding steroid dienone is 2. The maximum atomic E-state index is 12.9. The van der Waals surface area contributed by atoms with Crippen LogP contribution in [0.15, 0.2) is 11.4 Å². The van der Waals surface area contributed by atoms with E-state index in [-0.39, 0.29) is 35.5 Å². The minimum Gasteiger partial charge on any atom is -0.375 e. The van der Waals surface area contributed by atoms with E-state index in [4.69, 9.17) is 4.74 Å². The van der Waals surface area contributed by atoms with Gasteiger partial charge in [0.1, 0.15) is 18.0 Å². The molecule has 1 amide bonds. The molecule has 0 radical (unpaired) electrons. The van der Waals surface area contributed by atoms with Gasteiger partial charge in [0.2, 0.25) is 11.6 Å². The molecule has 7 heteroatoms. The zero-order valence-electron chi connectivity index (χ0n) is 14.1. The molecule has 0 fully saturated rings. The highest BCUT2D eigenvalue weighted by Crippen LogP contribution is 2.37. The van der Waals surface area contributed by atoms with Crippen LogP contribution in [0.25, 0.3) is 0 Å². The fraction of sp³-hybridized carbons (Fsp3) is 0.438. The van der Waals surface area contributed by atoms with Crippen LogP contribution in [0, 0.1) is 13.8 Å². The van der Waals surface area contributed by atoms with Crippen molar-refractivity contribution in [2.45, 2.75) is 13.8 Å². The number of carbonyl (C=O) groups is 3. The van der Waals surface area contributed by atoms with E-state index in [1.54, 1.807) is 19.0 Å². The van der Waals surface area contributed by atoms with Crippen molar-refractivity contribution in [1.29, 1.82) is 0 Å². The molecule has 1 aromatic rings. The smallest absolute Gasteiger partial charge is 0.252 e. The van der Waals surface area contributed by atoms with Gasteiger partial charge in [-0.1, -0.05) is 0 Å². The topological polar surface area (TPSA) is 66.9 Å². The lowest BCUT2D eigenvalue weighted by atomic mass is 9.92. The Morgan fingerprint density at radius 2 is 1.70 bits per heavy atom. The van der Waals surface area contributed by atoms with Crippen molar-refractivity contribution in [2.24, 2.45) is 0 Å². The minimum atomic E-state index is -0.378. The molecule has 0 aromatic carbocycles. The Labute approximate surface area is 139 Å². The number of amides is 1. The maximum absolute atomic E-state index is 12.9. The summed E-state index contributed by atoms with van der Waals surface area (Å²) in [6.07, 6.45) is 0. The number of Topliss-reactive ketones (excluding diaryl/α,β-unsaturated/α-hetero) is 2. The predicted octanol–water partition coefficient (Wildman–Crippen LogP) is 1.62. The van der Waals surface area contributed by atoms with Crippen molar-refractivity contribution in [3.05, 3.63) is 32.3 Å². The number of ether oxygens (including phenoxy) is 1. The van der Waals surface area contributed by atoms with Gasteiger partial charge in [-0.05, 0) is 19.4 Å². The fourth-order valence-corrected chi connectivity index (χ4v) is 3.67. The van der Waals surface area contributed by atoms with Crippen LogP contribution in [-0.2, 0) is 9.53 Å². The summed E-state index contributed by atoms with van der Waals surface area (Å²) in [5, 5.41) is 0. The van der Waals surface area contributed by atoms with Crippen LogP contribution in [0.3, 0.4) is 0 Å². The Morgan fingerprint density at radius 3 is 2.22 bits per heavy atom. The Hall–Kier alpha value is -1.99. The van der Waals surface area contributed by atoms with E-state index in [1.807, 2.05) is 13.8 Å². The van der Waals surface area contributed by atoms with E-state index in [1.165, 1.54) is 30.4 Å². The van der Waals surface area contributed by atoms with E-state index in [2.05, 4.69) is 0 Å². The zero-order valence-corrected chi connectivity index (χ0v) is 15.0. The molecule has 0 N–H and O–H groups in total. The van der Waals surface area contributed by atoms with E-state index in [0.29, 0.717) is 10.4 Å². The molecule has 0 atom stereocenters. The Bertz CT molecular complexity index is 731. The van der Waals surface area contributed by atoms with Crippen LogP contribution in [0.1, 0.15) is 30.5 Å². The number of ketones is 2. The number of hydrogen-bond acceptors (Lipinski definition) is 6. The molecule has 0 saturated heterocycles. The van der Waals surface area contributed by atoms with Gasteiger partial charge in [-0.2, -0.15) is 0 Å². The van der Waals surface area contributed by atoms with Crippen molar-refractivity contribution >= 4 is 28.8 Å². The van der Waals surface area contributed by atoms with Crippen molar-refractivity contribution in [3.8, 4) is 0 Å². The van der Waals surface area contributed by atoms with E-state index in [0.717, 1.165) is 10.4 Å². The largest absolute Gasteiger partial charge is 0.375 e. The molecule has 1 aromatic heterocycles. The van der Waals surface area contributed by atoms with Gasteiger partial charge in [0.15, 0.2) is 0 Å². The number of thiophene rings is 1. The summed E-state index contributed by atoms with van der Waals surface area (Å²) in [5.41, 5.74) is 1.62. The summed E-state index contributed by atoms with van der Waals surface area (Å²) in [6.45, 7) is 3.57. The maximum Gasteiger partial charge on any atom is 0.252 e. The van der Waals surface area contributed by atoms with Gasteiger partial charge < -0.3 is 14.5 Å². The van der Waals surface area contributed by atoms with Gasteiger partial charge >= 0.3 is 0 Å². The molecular formula is C16H20N2O4S. The number of methoxy groups -OCH3 is 1. The molecule has 0 aliphatic heterocycles. The first-order chi connectivity index (χ1) is 10.7. The molecule has 0 spiro atoms. The lowest BCUT2D eigenvalue weighted by Gasteiger charge is -2.29. The van der Waals surface area contributed by atoms with Gasteiger partial charge in [0.05, 0.1) is 4.88 Å². The van der Waals surface area contributed by atoms with E-state index in [9.17, 15) is 14.4 Å². The van der Waals surface area contributed by atoms with Crippen molar-refractivity contribution in [2.75, 3.05) is 34.9 Å². The predicted molar refractivity (Wildman–Crippen MR) is 87.8 cm³/mol. The van der Waals surface area contributed by atoms with E-state index >= 15 is 0 Å². The van der Waals surface area contributed by atoms with Crippen LogP contribution in [0.5, 0.6) is 0 Å². The highest BCUT2D eigenvalue weighted by molar-refractivity contribution is 7.15. The molecule has 1 heterocycles. The van der Waals surface area contributed by atoms with Crippen LogP contribution < -0.4 is 0 Å². The molecule has 1 aliphatic carbocycles. The molecule has 124 valence electrons. The summed E-state index contributed by atoms with van der Waals surface area (Å²) < 4.78 is 4.85. The summed E-state index contributed by atoms with van der Waals surface area (Å²) >= 11 is 1.30. The summed E-state index contributed by atoms with van der Waals surface area (Å²) in [6, 6.07) is 0. The first-order valence-electron chi connectivity index (χ1n) is 7.08. The summed E-state index contributed by atoms with van der Waals surface area (Å²) in [4.78, 5) is 42.1. The fourth-order valence-electron chi connectivity index (χ4n) is 2.57. The van der Waals surface area contributed by atoms with Crippen LogP contribution in [-0.4, -0.2) is 62.1 Å². The van der Waals surface area contributed by atoms with Gasteiger partial charge in [-0.25, -0.2) is 0 Å². The lowest BCUT2D eigenvalue weighted by Crippen LogP contribution is -2.40. The average Bonchev–Trinajstić information content (AvgIpc) is 2.78. The highest BCUT2D eigenvalue weighted by atomic mass is 32.1. The third kappa shape index (κ3) is 2.70. The SMILES string of the molecule is COCC(=O)N(C)C1=C(N(C)C)C(=O)c2c(sc(C)c2C)C1=O. The third-order valence-corrected chi connectivity index (χ3v) is 5.10. The number of likely N-dealkylation sites (N-methyl/N-ethyl adjacent to an activating group) is 2. The van der Waals surface area contributed by atoms with Gasteiger partial charge in [-0.3, -0.25) is 14.4 Å². The van der Waals surface area contributed by atoms with Gasteiger partial charge in [-0.15, -0.1) is 11.3 Å². The molecule has 23 heavy (non-hydrogen) atoms. The van der Waals surface area contributed by atoms with Gasteiger partial charge in [0.25, 0.3) is 5.91 Å². The summed E-state index contributed by atoms with van der Waals surface area (Å²) in [7, 11) is 6.28. The molecule has 1 aliphatic rings. The first-order valence-corrected chi connectivity index (χ1v) is 7.90. The normalized spacial score (nSPS) is 14.2. The molecular weight excluding hydrogens is 316 g/mol.